The molecule has 188 valence electrons. The van der Waals surface area contributed by atoms with Crippen molar-refractivity contribution in [3.05, 3.63) is 125 Å². The van der Waals surface area contributed by atoms with E-state index in [9.17, 15) is 0 Å². The highest BCUT2D eigenvalue weighted by molar-refractivity contribution is 6.58. The van der Waals surface area contributed by atoms with Gasteiger partial charge in [-0.3, -0.25) is 0 Å². The van der Waals surface area contributed by atoms with Gasteiger partial charge in [-0.2, -0.15) is 0 Å². The molecule has 0 spiro atoms. The molecule has 2 aromatic heterocycles. The van der Waals surface area contributed by atoms with Crippen molar-refractivity contribution in [2.24, 2.45) is 0 Å². The van der Waals surface area contributed by atoms with Crippen LogP contribution in [0.15, 0.2) is 109 Å². The molecule has 0 saturated carbocycles. The number of rotatable bonds is 2. The molecule has 0 aliphatic carbocycles. The maximum absolute atomic E-state index is 8.58. The molecule has 38 heavy (non-hydrogen) atoms. The maximum Gasteiger partial charge on any atom is 0.488 e. The summed E-state index contributed by atoms with van der Waals surface area (Å²) in [6, 6.07) is 34.0. The van der Waals surface area contributed by atoms with Gasteiger partial charge in [0.15, 0.2) is 0 Å². The predicted octanol–water partition coefficient (Wildman–Crippen LogP) is 6.25. The van der Waals surface area contributed by atoms with Crippen molar-refractivity contribution in [2.45, 2.75) is 0 Å². The molecule has 0 saturated heterocycles. The topological polar surface area (TPSA) is 92.0 Å². The summed E-state index contributed by atoms with van der Waals surface area (Å²) >= 11 is 17.4. The Balaban J connectivity index is 0.000000141. The van der Waals surface area contributed by atoms with E-state index in [1.54, 1.807) is 24.3 Å². The van der Waals surface area contributed by atoms with Crippen molar-refractivity contribution in [3.63, 3.8) is 0 Å². The fourth-order valence-electron chi connectivity index (χ4n) is 3.50. The third-order valence-electron chi connectivity index (χ3n) is 5.25. The van der Waals surface area contributed by atoms with Crippen LogP contribution < -0.4 is 5.46 Å². The Bertz CT molecular complexity index is 1640. The fourth-order valence-corrected chi connectivity index (χ4v) is 4.13. The van der Waals surface area contributed by atoms with Crippen LogP contribution in [0.25, 0.3) is 33.1 Å². The van der Waals surface area contributed by atoms with Crippen LogP contribution in [-0.2, 0) is 0 Å². The molecule has 6 nitrogen and oxygen atoms in total. The van der Waals surface area contributed by atoms with Gasteiger partial charge >= 0.3 is 7.12 Å². The van der Waals surface area contributed by atoms with Crippen molar-refractivity contribution < 1.29 is 10.0 Å². The summed E-state index contributed by atoms with van der Waals surface area (Å²) in [5.41, 5.74) is 4.08. The highest BCUT2D eigenvalue weighted by Crippen LogP contribution is 2.26. The van der Waals surface area contributed by atoms with Gasteiger partial charge in [-0.25, -0.2) is 19.9 Å². The number of halogens is 3. The van der Waals surface area contributed by atoms with E-state index in [0.717, 1.165) is 33.1 Å². The number of fused-ring (bicyclic) bond motifs is 2. The van der Waals surface area contributed by atoms with Gasteiger partial charge < -0.3 is 10.0 Å². The van der Waals surface area contributed by atoms with Crippen LogP contribution in [0.2, 0.25) is 15.7 Å². The van der Waals surface area contributed by atoms with Crippen molar-refractivity contribution in [1.29, 1.82) is 0 Å². The molecule has 0 radical (unpaired) electrons. The molecule has 0 fully saturated rings. The average molecular weight is 562 g/mol. The maximum atomic E-state index is 8.58. The predicted molar refractivity (Wildman–Crippen MR) is 156 cm³/mol. The minimum absolute atomic E-state index is 0.179. The SMILES string of the molecule is Clc1nc(-c2ccccc2)c2ccccc2n1.Clc1nc(Cl)c2ccccc2n1.OB(O)c1ccccc1. The Labute approximate surface area is 234 Å². The summed E-state index contributed by atoms with van der Waals surface area (Å²) in [7, 11) is -1.34. The third kappa shape index (κ3) is 7.25. The first-order valence-electron chi connectivity index (χ1n) is 11.4. The van der Waals surface area contributed by atoms with Crippen LogP contribution in [0, 0.1) is 0 Å². The lowest BCUT2D eigenvalue weighted by Crippen LogP contribution is -2.29. The smallest absolute Gasteiger partial charge is 0.423 e. The standard InChI is InChI=1S/C14H9ClN2.C8H4Cl2N2.C6H7BO2/c15-14-16-12-9-5-4-8-11(12)13(17-14)10-6-2-1-3-7-10;9-7-5-3-1-2-4-6(5)11-8(10)12-7;8-7(9)6-4-2-1-3-5-6/h1-9H;1-4H;1-5,8-9H. The number of aromatic nitrogens is 4. The molecule has 2 heterocycles. The summed E-state index contributed by atoms with van der Waals surface area (Å²) in [4.78, 5) is 16.4. The highest BCUT2D eigenvalue weighted by atomic mass is 35.5. The van der Waals surface area contributed by atoms with E-state index in [2.05, 4.69) is 19.9 Å². The molecular weight excluding hydrogens is 542 g/mol. The highest BCUT2D eigenvalue weighted by Gasteiger charge is 2.08. The summed E-state index contributed by atoms with van der Waals surface area (Å²) in [6.07, 6.45) is 0. The quantitative estimate of drug-likeness (QED) is 0.147. The monoisotopic (exact) mass is 560 g/mol. The van der Waals surface area contributed by atoms with Crippen LogP contribution in [0.1, 0.15) is 0 Å². The first-order chi connectivity index (χ1) is 18.4. The Kier molecular flexibility index (Phi) is 9.59. The number of hydrogen-bond donors (Lipinski definition) is 2. The van der Waals surface area contributed by atoms with Crippen LogP contribution in [0.3, 0.4) is 0 Å². The van der Waals surface area contributed by atoms with Gasteiger partial charge in [-0.15, -0.1) is 0 Å². The Morgan fingerprint density at radius 2 is 0.974 bits per heavy atom. The molecule has 6 aromatic rings. The minimum atomic E-state index is -1.34. The molecule has 4 aromatic carbocycles. The molecule has 0 aliphatic heterocycles. The Hall–Kier alpha value is -3.59. The van der Waals surface area contributed by atoms with E-state index in [0.29, 0.717) is 10.6 Å². The molecule has 6 rings (SSSR count). The van der Waals surface area contributed by atoms with E-state index < -0.39 is 7.12 Å². The summed E-state index contributed by atoms with van der Waals surface area (Å²) < 4.78 is 0. The van der Waals surface area contributed by atoms with Crippen molar-refractivity contribution in [1.82, 2.24) is 19.9 Å². The zero-order valence-electron chi connectivity index (χ0n) is 19.8. The van der Waals surface area contributed by atoms with E-state index in [1.165, 1.54) is 0 Å². The van der Waals surface area contributed by atoms with Gasteiger partial charge in [0.05, 0.1) is 16.7 Å². The number of hydrogen-bond acceptors (Lipinski definition) is 6. The van der Waals surface area contributed by atoms with Crippen LogP contribution in [0.5, 0.6) is 0 Å². The molecule has 0 amide bonds. The van der Waals surface area contributed by atoms with Gasteiger partial charge in [-0.05, 0) is 46.9 Å². The number of para-hydroxylation sites is 2. The number of benzene rings is 4. The van der Waals surface area contributed by atoms with Crippen molar-refractivity contribution in [2.75, 3.05) is 0 Å². The van der Waals surface area contributed by atoms with E-state index >= 15 is 0 Å². The summed E-state index contributed by atoms with van der Waals surface area (Å²) in [5.74, 6) is 0. The molecule has 2 N–H and O–H groups in total. The third-order valence-corrected chi connectivity index (χ3v) is 5.88. The lowest BCUT2D eigenvalue weighted by molar-refractivity contribution is 0.426. The fraction of sp³-hybridized carbons (Fsp3) is 0. The molecule has 10 heteroatoms. The Morgan fingerprint density at radius 1 is 0.500 bits per heavy atom. The second-order valence-electron chi connectivity index (χ2n) is 7.81. The van der Waals surface area contributed by atoms with Crippen molar-refractivity contribution in [3.8, 4) is 11.3 Å². The van der Waals surface area contributed by atoms with E-state index in [-0.39, 0.29) is 10.6 Å². The second kappa shape index (κ2) is 13.3. The van der Waals surface area contributed by atoms with E-state index in [1.807, 2.05) is 84.9 Å². The molecule has 0 unspecified atom stereocenters. The molecular formula is C28H20BCl3N4O2. The number of nitrogens with zero attached hydrogens (tertiary/aromatic N) is 4. The molecule has 0 bridgehead atoms. The van der Waals surface area contributed by atoms with Crippen LogP contribution in [-0.4, -0.2) is 37.1 Å². The Morgan fingerprint density at radius 3 is 1.55 bits per heavy atom. The first kappa shape index (κ1) is 27.4. The van der Waals surface area contributed by atoms with Gasteiger partial charge in [-0.1, -0.05) is 103 Å². The lowest BCUT2D eigenvalue weighted by Gasteiger charge is -2.05. The van der Waals surface area contributed by atoms with Gasteiger partial charge in [0, 0.05) is 16.3 Å². The molecule has 0 aliphatic rings. The average Bonchev–Trinajstić information content (AvgIpc) is 2.94. The van der Waals surface area contributed by atoms with E-state index in [4.69, 9.17) is 44.9 Å². The summed E-state index contributed by atoms with van der Waals surface area (Å²) in [5, 5.41) is 19.9. The van der Waals surface area contributed by atoms with Gasteiger partial charge in [0.25, 0.3) is 0 Å². The largest absolute Gasteiger partial charge is 0.488 e. The molecule has 0 atom stereocenters. The normalized spacial score (nSPS) is 10.2. The zero-order valence-corrected chi connectivity index (χ0v) is 22.1. The minimum Gasteiger partial charge on any atom is -0.423 e. The van der Waals surface area contributed by atoms with Gasteiger partial charge in [0.2, 0.25) is 10.6 Å². The first-order valence-corrected chi connectivity index (χ1v) is 12.5. The van der Waals surface area contributed by atoms with Crippen LogP contribution >= 0.6 is 34.8 Å². The van der Waals surface area contributed by atoms with Crippen LogP contribution in [0.4, 0.5) is 0 Å². The lowest BCUT2D eigenvalue weighted by atomic mass is 9.81. The van der Waals surface area contributed by atoms with Crippen molar-refractivity contribution >= 4 is 69.2 Å². The second-order valence-corrected chi connectivity index (χ2v) is 8.84. The zero-order chi connectivity index (χ0) is 26.9. The van der Waals surface area contributed by atoms with Gasteiger partial charge in [0.1, 0.15) is 5.15 Å². The summed E-state index contributed by atoms with van der Waals surface area (Å²) in [6.45, 7) is 0.